The number of halogens is 1. The van der Waals surface area contributed by atoms with Gasteiger partial charge in [0.05, 0.1) is 23.6 Å². The number of nitrogens with zero attached hydrogens (tertiary/aromatic N) is 6. The van der Waals surface area contributed by atoms with Crippen molar-refractivity contribution >= 4 is 44.3 Å². The van der Waals surface area contributed by atoms with Crippen molar-refractivity contribution < 1.29 is 23.4 Å². The van der Waals surface area contributed by atoms with Gasteiger partial charge in [0.15, 0.2) is 43.3 Å². The summed E-state index contributed by atoms with van der Waals surface area (Å²) in [4.78, 5) is 33.9. The van der Waals surface area contributed by atoms with Gasteiger partial charge in [-0.05, 0) is 18.2 Å². The molecule has 5 rings (SSSR count). The Morgan fingerprint density at radius 3 is 2.68 bits per heavy atom. The zero-order valence-corrected chi connectivity index (χ0v) is 20.8. The van der Waals surface area contributed by atoms with Crippen LogP contribution in [0.3, 0.4) is 0 Å². The summed E-state index contributed by atoms with van der Waals surface area (Å²) in [6, 6.07) is 7.02. The predicted octanol–water partition coefficient (Wildman–Crippen LogP) is 0.312. The number of rotatable bonds is 6. The lowest BCUT2D eigenvalue weighted by Gasteiger charge is -2.17. The van der Waals surface area contributed by atoms with E-state index in [1.54, 1.807) is 18.3 Å². The second-order valence-corrected chi connectivity index (χ2v) is 10.9. The molecule has 0 bridgehead atoms. The number of hydrogen-bond acceptors (Lipinski definition) is 11. The molecule has 0 spiro atoms. The van der Waals surface area contributed by atoms with Crippen molar-refractivity contribution in [2.24, 2.45) is 0 Å². The molecule has 1 aliphatic heterocycles. The van der Waals surface area contributed by atoms with Crippen LogP contribution in [-0.4, -0.2) is 78.5 Å². The third kappa shape index (κ3) is 4.37. The fraction of sp³-hybridized carbons (Fsp3) is 0.273. The molecule has 37 heavy (non-hydrogen) atoms. The standard InChI is InChI=1S/C22H21ClN8O5S/c1-24-21(34)17-15(32)16(33)22(37(17,35)36)31-10-28-14-19(27-9-13-4-2-3-5-26-13)29-18(30-20(14)31)11-6-12(23)8-25-7-11/h2-8,10,15-17,22,32-33H,9H2,1H3,(H,24,34)(H,27,29,30)/t15-,16+,17-,22+/m0/s1. The van der Waals surface area contributed by atoms with E-state index in [0.717, 1.165) is 4.57 Å². The predicted molar refractivity (Wildman–Crippen MR) is 133 cm³/mol. The molecular formula is C22H21ClN8O5S. The van der Waals surface area contributed by atoms with Crippen molar-refractivity contribution in [1.29, 1.82) is 0 Å². The number of imidazole rings is 1. The van der Waals surface area contributed by atoms with Crippen molar-refractivity contribution in [2.45, 2.75) is 29.4 Å². The van der Waals surface area contributed by atoms with Crippen LogP contribution in [0.1, 0.15) is 11.1 Å². The first-order chi connectivity index (χ1) is 17.7. The smallest absolute Gasteiger partial charge is 0.240 e. The molecule has 15 heteroatoms. The summed E-state index contributed by atoms with van der Waals surface area (Å²) in [5.74, 6) is -0.518. The van der Waals surface area contributed by atoms with Crippen LogP contribution >= 0.6 is 11.6 Å². The number of pyridine rings is 2. The highest BCUT2D eigenvalue weighted by molar-refractivity contribution is 7.93. The highest BCUT2D eigenvalue weighted by Crippen LogP contribution is 2.38. The number of nitrogens with one attached hydrogen (secondary N) is 2. The van der Waals surface area contributed by atoms with Crippen LogP contribution in [0, 0.1) is 0 Å². The molecule has 0 saturated carbocycles. The normalized spacial score (nSPS) is 22.7. The van der Waals surface area contributed by atoms with E-state index in [1.807, 2.05) is 12.1 Å². The van der Waals surface area contributed by atoms with Gasteiger partial charge in [-0.25, -0.2) is 23.4 Å². The summed E-state index contributed by atoms with van der Waals surface area (Å²) in [6.45, 7) is 0.273. The van der Waals surface area contributed by atoms with Gasteiger partial charge in [-0.2, -0.15) is 0 Å². The SMILES string of the molecule is CNC(=O)[C@@H]1[C@@H](O)[C@@H](O)[C@H](n2cnc3c(NCc4ccccn4)nc(-c4cncc(Cl)c4)nc32)S1(=O)=O. The van der Waals surface area contributed by atoms with Gasteiger partial charge in [0.2, 0.25) is 5.91 Å². The Morgan fingerprint density at radius 1 is 1.16 bits per heavy atom. The van der Waals surface area contributed by atoms with E-state index in [-0.39, 0.29) is 29.4 Å². The second kappa shape index (κ2) is 9.63. The highest BCUT2D eigenvalue weighted by Gasteiger charge is 2.58. The van der Waals surface area contributed by atoms with E-state index in [2.05, 4.69) is 35.6 Å². The maximum Gasteiger partial charge on any atom is 0.240 e. The Bertz CT molecular complexity index is 1580. The molecule has 0 radical (unpaired) electrons. The zero-order valence-electron chi connectivity index (χ0n) is 19.2. The number of carbonyl (C=O) groups excluding carboxylic acids is 1. The van der Waals surface area contributed by atoms with E-state index in [1.165, 1.54) is 25.8 Å². The molecule has 4 N–H and O–H groups in total. The van der Waals surface area contributed by atoms with Gasteiger partial charge < -0.3 is 20.8 Å². The molecule has 4 aromatic rings. The highest BCUT2D eigenvalue weighted by atomic mass is 35.5. The summed E-state index contributed by atoms with van der Waals surface area (Å²) in [7, 11) is -3.17. The molecule has 1 amide bonds. The first-order valence-corrected chi connectivity index (χ1v) is 13.0. The van der Waals surface area contributed by atoms with Crippen LogP contribution in [0.5, 0.6) is 0 Å². The van der Waals surface area contributed by atoms with Gasteiger partial charge >= 0.3 is 0 Å². The second-order valence-electron chi connectivity index (χ2n) is 8.28. The average molecular weight is 545 g/mol. The van der Waals surface area contributed by atoms with E-state index in [4.69, 9.17) is 11.6 Å². The van der Waals surface area contributed by atoms with Crippen molar-refractivity contribution in [3.05, 3.63) is 59.9 Å². The lowest BCUT2D eigenvalue weighted by molar-refractivity contribution is -0.123. The van der Waals surface area contributed by atoms with Crippen LogP contribution in [0.15, 0.2) is 49.2 Å². The van der Waals surface area contributed by atoms with E-state index in [0.29, 0.717) is 16.3 Å². The lowest BCUT2D eigenvalue weighted by atomic mass is 10.1. The molecule has 13 nitrogen and oxygen atoms in total. The van der Waals surface area contributed by atoms with Crippen LogP contribution < -0.4 is 10.6 Å². The summed E-state index contributed by atoms with van der Waals surface area (Å²) >= 11 is 6.10. The third-order valence-corrected chi connectivity index (χ3v) is 8.56. The monoisotopic (exact) mass is 544 g/mol. The molecule has 192 valence electrons. The number of aliphatic hydroxyl groups is 2. The Morgan fingerprint density at radius 2 is 1.97 bits per heavy atom. The van der Waals surface area contributed by atoms with E-state index >= 15 is 0 Å². The van der Waals surface area contributed by atoms with Gasteiger partial charge in [-0.15, -0.1) is 0 Å². The molecule has 1 saturated heterocycles. The van der Waals surface area contributed by atoms with Crippen LogP contribution in [0.25, 0.3) is 22.6 Å². The molecule has 1 fully saturated rings. The first-order valence-electron chi connectivity index (χ1n) is 11.0. The quantitative estimate of drug-likeness (QED) is 0.262. The van der Waals surface area contributed by atoms with Crippen molar-refractivity contribution in [3.8, 4) is 11.4 Å². The largest absolute Gasteiger partial charge is 0.388 e. The number of hydrogen-bond donors (Lipinski definition) is 4. The molecule has 0 aromatic carbocycles. The van der Waals surface area contributed by atoms with Crippen LogP contribution in [-0.2, 0) is 21.2 Å². The van der Waals surface area contributed by atoms with E-state index in [9.17, 15) is 23.4 Å². The van der Waals surface area contributed by atoms with Gasteiger partial charge in [0, 0.05) is 31.2 Å². The van der Waals surface area contributed by atoms with Crippen molar-refractivity contribution in [1.82, 2.24) is 34.8 Å². The molecule has 5 heterocycles. The van der Waals surface area contributed by atoms with Crippen molar-refractivity contribution in [3.63, 3.8) is 0 Å². The molecule has 4 aromatic heterocycles. The fourth-order valence-corrected chi connectivity index (χ4v) is 6.68. The number of fused-ring (bicyclic) bond motifs is 1. The van der Waals surface area contributed by atoms with Gasteiger partial charge in [0.25, 0.3) is 0 Å². The van der Waals surface area contributed by atoms with Crippen LogP contribution in [0.4, 0.5) is 5.82 Å². The summed E-state index contributed by atoms with van der Waals surface area (Å²) in [5.41, 5.74) is 1.41. The minimum absolute atomic E-state index is 0.0471. The number of aliphatic hydroxyl groups excluding tert-OH is 2. The molecule has 4 atom stereocenters. The minimum atomic E-state index is -4.42. The Labute approximate surface area is 215 Å². The maximum atomic E-state index is 13.3. The molecule has 0 unspecified atom stereocenters. The molecule has 0 aliphatic carbocycles. The fourth-order valence-electron chi connectivity index (χ4n) is 4.22. The number of sulfone groups is 1. The maximum absolute atomic E-state index is 13.3. The van der Waals surface area contributed by atoms with Gasteiger partial charge in [-0.3, -0.25) is 19.3 Å². The average Bonchev–Trinajstić information content (AvgIpc) is 3.37. The Hall–Kier alpha value is -3.72. The van der Waals surface area contributed by atoms with Gasteiger partial charge in [-0.1, -0.05) is 17.7 Å². The number of amides is 1. The Kier molecular flexibility index (Phi) is 6.49. The third-order valence-electron chi connectivity index (χ3n) is 5.97. The first kappa shape index (κ1) is 25.0. The minimum Gasteiger partial charge on any atom is -0.388 e. The van der Waals surface area contributed by atoms with Gasteiger partial charge in [0.1, 0.15) is 12.2 Å². The Balaban J connectivity index is 1.66. The zero-order chi connectivity index (χ0) is 26.3. The number of carbonyl (C=O) groups is 1. The summed E-state index contributed by atoms with van der Waals surface area (Å²) in [5, 5.41) is 23.3. The topological polar surface area (TPSA) is 185 Å². The number of anilines is 1. The van der Waals surface area contributed by atoms with Crippen LogP contribution in [0.2, 0.25) is 5.02 Å². The van der Waals surface area contributed by atoms with E-state index < -0.39 is 38.6 Å². The van der Waals surface area contributed by atoms with Crippen molar-refractivity contribution in [2.75, 3.05) is 12.4 Å². The summed E-state index contributed by atoms with van der Waals surface area (Å²) in [6.07, 6.45) is 2.08. The summed E-state index contributed by atoms with van der Waals surface area (Å²) < 4.78 is 27.8. The molecule has 1 aliphatic rings. The number of aromatic nitrogens is 6. The molecular weight excluding hydrogens is 524 g/mol. The lowest BCUT2D eigenvalue weighted by Crippen LogP contribution is -2.43.